The molecule has 0 bridgehead atoms. The van der Waals surface area contributed by atoms with Crippen molar-refractivity contribution in [1.82, 2.24) is 4.90 Å². The van der Waals surface area contributed by atoms with E-state index in [1.807, 2.05) is 0 Å². The Bertz CT molecular complexity index is 189. The Hall–Kier alpha value is 0.400. The summed E-state index contributed by atoms with van der Waals surface area (Å²) in [7, 11) is 0. The van der Waals surface area contributed by atoms with Gasteiger partial charge in [0.05, 0.1) is 12.7 Å². The van der Waals surface area contributed by atoms with E-state index < -0.39 is 0 Å². The molecule has 3 heteroatoms. The van der Waals surface area contributed by atoms with Crippen molar-refractivity contribution >= 4 is 15.9 Å². The number of hydrogen-bond donors (Lipinski definition) is 0. The van der Waals surface area contributed by atoms with Crippen LogP contribution in [0.25, 0.3) is 0 Å². The molecule has 0 radical (unpaired) electrons. The van der Waals surface area contributed by atoms with Gasteiger partial charge in [0.2, 0.25) is 0 Å². The number of ether oxygens (including phenoxy) is 1. The monoisotopic (exact) mass is 291 g/mol. The van der Waals surface area contributed by atoms with Gasteiger partial charge in [-0.25, -0.2) is 0 Å². The van der Waals surface area contributed by atoms with Gasteiger partial charge in [0.1, 0.15) is 0 Å². The molecular formula is C13H26BrNO. The molecule has 0 N–H and O–H groups in total. The van der Waals surface area contributed by atoms with E-state index in [1.165, 1.54) is 25.8 Å². The van der Waals surface area contributed by atoms with Crippen LogP contribution in [0, 0.1) is 5.92 Å². The molecule has 1 aliphatic heterocycles. The minimum Gasteiger partial charge on any atom is -0.376 e. The Balaban J connectivity index is 2.46. The summed E-state index contributed by atoms with van der Waals surface area (Å²) in [6.45, 7) is 9.96. The van der Waals surface area contributed by atoms with Crippen molar-refractivity contribution in [3.63, 3.8) is 0 Å². The Labute approximate surface area is 109 Å². The lowest BCUT2D eigenvalue weighted by Crippen LogP contribution is -2.50. The molecule has 0 aromatic heterocycles. The lowest BCUT2D eigenvalue weighted by Gasteiger charge is -2.39. The van der Waals surface area contributed by atoms with Crippen LogP contribution >= 0.6 is 15.9 Å². The molecule has 2 nitrogen and oxygen atoms in total. The summed E-state index contributed by atoms with van der Waals surface area (Å²) < 4.78 is 5.73. The number of morpholine rings is 1. The third-order valence-corrected chi connectivity index (χ3v) is 4.38. The second-order valence-electron chi connectivity index (χ2n) is 4.97. The standard InChI is InChI=1S/C13H26BrNO/c1-4-6-12(7-14)9-15-8-11(3)16-10-13(15)5-2/h11-13H,4-10H2,1-3H3. The highest BCUT2D eigenvalue weighted by molar-refractivity contribution is 9.09. The van der Waals surface area contributed by atoms with Crippen LogP contribution in [-0.2, 0) is 4.74 Å². The number of alkyl halides is 1. The summed E-state index contributed by atoms with van der Waals surface area (Å²) in [5, 5.41) is 1.13. The Kier molecular flexibility index (Phi) is 6.94. The van der Waals surface area contributed by atoms with Gasteiger partial charge in [-0.15, -0.1) is 0 Å². The number of nitrogens with zero attached hydrogens (tertiary/aromatic N) is 1. The van der Waals surface area contributed by atoms with E-state index in [-0.39, 0.29) is 0 Å². The van der Waals surface area contributed by atoms with Crippen LogP contribution in [0.1, 0.15) is 40.0 Å². The van der Waals surface area contributed by atoms with E-state index >= 15 is 0 Å². The fourth-order valence-electron chi connectivity index (χ4n) is 2.47. The molecule has 1 fully saturated rings. The van der Waals surface area contributed by atoms with Crippen LogP contribution in [0.5, 0.6) is 0 Å². The molecule has 0 aromatic carbocycles. The lowest BCUT2D eigenvalue weighted by atomic mass is 10.0. The van der Waals surface area contributed by atoms with Gasteiger partial charge in [0.25, 0.3) is 0 Å². The molecule has 1 saturated heterocycles. The Morgan fingerprint density at radius 3 is 2.75 bits per heavy atom. The highest BCUT2D eigenvalue weighted by Gasteiger charge is 2.26. The maximum absolute atomic E-state index is 5.73. The average molecular weight is 292 g/mol. The van der Waals surface area contributed by atoms with Gasteiger partial charge in [0.15, 0.2) is 0 Å². The van der Waals surface area contributed by atoms with Gasteiger partial charge >= 0.3 is 0 Å². The molecular weight excluding hydrogens is 266 g/mol. The summed E-state index contributed by atoms with van der Waals surface area (Å²) in [6.07, 6.45) is 4.22. The first-order valence-corrected chi connectivity index (χ1v) is 7.74. The predicted octanol–water partition coefficient (Wildman–Crippen LogP) is 3.30. The van der Waals surface area contributed by atoms with Gasteiger partial charge in [0, 0.05) is 24.5 Å². The molecule has 96 valence electrons. The highest BCUT2D eigenvalue weighted by Crippen LogP contribution is 2.19. The van der Waals surface area contributed by atoms with Crippen LogP contribution < -0.4 is 0 Å². The van der Waals surface area contributed by atoms with Crippen molar-refractivity contribution in [3.8, 4) is 0 Å². The first-order valence-electron chi connectivity index (χ1n) is 6.62. The zero-order valence-corrected chi connectivity index (χ0v) is 12.5. The van der Waals surface area contributed by atoms with E-state index in [1.54, 1.807) is 0 Å². The molecule has 0 aromatic rings. The fraction of sp³-hybridized carbons (Fsp3) is 1.00. The molecule has 0 amide bonds. The molecule has 1 aliphatic rings. The first-order chi connectivity index (χ1) is 7.71. The predicted molar refractivity (Wildman–Crippen MR) is 73.3 cm³/mol. The summed E-state index contributed by atoms with van der Waals surface area (Å²) in [5.41, 5.74) is 0. The van der Waals surface area contributed by atoms with Gasteiger partial charge in [-0.3, -0.25) is 4.90 Å². The second kappa shape index (κ2) is 7.67. The van der Waals surface area contributed by atoms with E-state index in [4.69, 9.17) is 4.74 Å². The van der Waals surface area contributed by atoms with Crippen LogP contribution in [0.2, 0.25) is 0 Å². The van der Waals surface area contributed by atoms with E-state index in [9.17, 15) is 0 Å². The SMILES string of the molecule is CCCC(CBr)CN1CC(C)OCC1CC. The number of rotatable bonds is 6. The van der Waals surface area contributed by atoms with Gasteiger partial charge in [-0.05, 0) is 25.7 Å². The molecule has 0 saturated carbocycles. The maximum atomic E-state index is 5.73. The normalized spacial score (nSPS) is 29.2. The van der Waals surface area contributed by atoms with Crippen molar-refractivity contribution in [1.29, 1.82) is 0 Å². The summed E-state index contributed by atoms with van der Waals surface area (Å²) in [4.78, 5) is 2.63. The Morgan fingerprint density at radius 1 is 1.44 bits per heavy atom. The topological polar surface area (TPSA) is 12.5 Å². The maximum Gasteiger partial charge on any atom is 0.0674 e. The molecule has 3 atom stereocenters. The Morgan fingerprint density at radius 2 is 2.19 bits per heavy atom. The summed E-state index contributed by atoms with van der Waals surface area (Å²) in [5.74, 6) is 0.796. The average Bonchev–Trinajstić information content (AvgIpc) is 2.29. The van der Waals surface area contributed by atoms with Gasteiger partial charge in [-0.1, -0.05) is 36.2 Å². The zero-order valence-electron chi connectivity index (χ0n) is 10.9. The number of hydrogen-bond acceptors (Lipinski definition) is 2. The van der Waals surface area contributed by atoms with E-state index in [0.29, 0.717) is 12.1 Å². The van der Waals surface area contributed by atoms with Crippen molar-refractivity contribution in [3.05, 3.63) is 0 Å². The molecule has 16 heavy (non-hydrogen) atoms. The third-order valence-electron chi connectivity index (χ3n) is 3.46. The van der Waals surface area contributed by atoms with E-state index in [2.05, 4.69) is 41.6 Å². The smallest absolute Gasteiger partial charge is 0.0674 e. The largest absolute Gasteiger partial charge is 0.376 e. The summed E-state index contributed by atoms with van der Waals surface area (Å²) >= 11 is 3.64. The fourth-order valence-corrected chi connectivity index (χ4v) is 3.00. The van der Waals surface area contributed by atoms with Gasteiger partial charge < -0.3 is 4.74 Å². The molecule has 0 spiro atoms. The third kappa shape index (κ3) is 4.34. The minimum atomic E-state index is 0.403. The van der Waals surface area contributed by atoms with Crippen LogP contribution in [-0.4, -0.2) is 42.1 Å². The number of halogens is 1. The van der Waals surface area contributed by atoms with Gasteiger partial charge in [-0.2, -0.15) is 0 Å². The van der Waals surface area contributed by atoms with E-state index in [0.717, 1.165) is 24.4 Å². The quantitative estimate of drug-likeness (QED) is 0.697. The van der Waals surface area contributed by atoms with Crippen molar-refractivity contribution in [2.75, 3.05) is 25.0 Å². The molecule has 1 rings (SSSR count). The van der Waals surface area contributed by atoms with Crippen molar-refractivity contribution < 1.29 is 4.74 Å². The van der Waals surface area contributed by atoms with Crippen molar-refractivity contribution in [2.45, 2.75) is 52.2 Å². The second-order valence-corrected chi connectivity index (χ2v) is 5.62. The van der Waals surface area contributed by atoms with Crippen LogP contribution in [0.3, 0.4) is 0 Å². The first kappa shape index (κ1) is 14.5. The molecule has 3 unspecified atom stereocenters. The summed E-state index contributed by atoms with van der Waals surface area (Å²) in [6, 6.07) is 0.634. The van der Waals surface area contributed by atoms with Crippen LogP contribution in [0.15, 0.2) is 0 Å². The molecule has 0 aliphatic carbocycles. The lowest BCUT2D eigenvalue weighted by molar-refractivity contribution is -0.0599. The molecule has 1 heterocycles. The highest BCUT2D eigenvalue weighted by atomic mass is 79.9. The minimum absolute atomic E-state index is 0.403. The van der Waals surface area contributed by atoms with Crippen molar-refractivity contribution in [2.24, 2.45) is 5.92 Å². The zero-order chi connectivity index (χ0) is 12.0. The van der Waals surface area contributed by atoms with Crippen LogP contribution in [0.4, 0.5) is 0 Å².